The van der Waals surface area contributed by atoms with Crippen molar-refractivity contribution in [3.05, 3.63) is 72.3 Å². The third kappa shape index (κ3) is 3.74. The van der Waals surface area contributed by atoms with Gasteiger partial charge in [0.1, 0.15) is 0 Å². The standard InChI is InChI=1S/C21H19N3O3/c1-14(16-9-4-7-15-6-2-3-8-17(15)16)22-19(25)11-12-20-23-21(24-27-20)18-10-5-13-26-18/h2-10,13-14H,11-12H2,1H3,(H,22,25). The molecule has 2 aromatic carbocycles. The van der Waals surface area contributed by atoms with Crippen LogP contribution in [-0.2, 0) is 11.2 Å². The minimum Gasteiger partial charge on any atom is -0.461 e. The highest BCUT2D eigenvalue weighted by atomic mass is 16.5. The Morgan fingerprint density at radius 2 is 1.96 bits per heavy atom. The van der Waals surface area contributed by atoms with E-state index in [0.29, 0.717) is 23.9 Å². The van der Waals surface area contributed by atoms with Gasteiger partial charge in [0.05, 0.1) is 12.3 Å². The summed E-state index contributed by atoms with van der Waals surface area (Å²) in [7, 11) is 0. The molecule has 0 spiro atoms. The first kappa shape index (κ1) is 17.0. The first-order chi connectivity index (χ1) is 13.2. The number of amides is 1. The van der Waals surface area contributed by atoms with Gasteiger partial charge in [-0.1, -0.05) is 47.6 Å². The zero-order chi connectivity index (χ0) is 18.6. The van der Waals surface area contributed by atoms with E-state index in [-0.39, 0.29) is 18.4 Å². The van der Waals surface area contributed by atoms with Crippen LogP contribution in [0.2, 0.25) is 0 Å². The van der Waals surface area contributed by atoms with Gasteiger partial charge in [0.2, 0.25) is 17.6 Å². The van der Waals surface area contributed by atoms with E-state index < -0.39 is 0 Å². The van der Waals surface area contributed by atoms with Crippen LogP contribution in [0.4, 0.5) is 0 Å². The number of carbonyl (C=O) groups excluding carboxylic acids is 1. The molecule has 2 heterocycles. The fourth-order valence-electron chi connectivity index (χ4n) is 3.10. The maximum Gasteiger partial charge on any atom is 0.238 e. The van der Waals surface area contributed by atoms with Crippen LogP contribution in [0.1, 0.15) is 30.8 Å². The number of hydrogen-bond donors (Lipinski definition) is 1. The second kappa shape index (κ2) is 7.45. The minimum absolute atomic E-state index is 0.0619. The molecule has 1 atom stereocenters. The number of furan rings is 1. The molecule has 6 nitrogen and oxygen atoms in total. The first-order valence-electron chi connectivity index (χ1n) is 8.84. The lowest BCUT2D eigenvalue weighted by Crippen LogP contribution is -2.27. The van der Waals surface area contributed by atoms with Gasteiger partial charge in [0, 0.05) is 12.8 Å². The van der Waals surface area contributed by atoms with Crippen molar-refractivity contribution in [1.29, 1.82) is 0 Å². The number of hydrogen-bond acceptors (Lipinski definition) is 5. The number of benzene rings is 2. The molecule has 0 saturated heterocycles. The van der Waals surface area contributed by atoms with E-state index in [9.17, 15) is 4.79 Å². The summed E-state index contributed by atoms with van der Waals surface area (Å²) >= 11 is 0. The van der Waals surface area contributed by atoms with E-state index >= 15 is 0 Å². The minimum atomic E-state index is -0.0926. The molecule has 1 unspecified atom stereocenters. The molecule has 0 saturated carbocycles. The van der Waals surface area contributed by atoms with Crippen LogP contribution in [0.5, 0.6) is 0 Å². The SMILES string of the molecule is CC(NC(=O)CCc1nc(-c2ccco2)no1)c1cccc2ccccc12. The number of nitrogens with one attached hydrogen (secondary N) is 1. The molecule has 0 aliphatic carbocycles. The fourth-order valence-corrected chi connectivity index (χ4v) is 3.10. The Kier molecular flexibility index (Phi) is 4.70. The van der Waals surface area contributed by atoms with Crippen molar-refractivity contribution in [1.82, 2.24) is 15.5 Å². The van der Waals surface area contributed by atoms with Gasteiger partial charge in [0.25, 0.3) is 0 Å². The summed E-state index contributed by atoms with van der Waals surface area (Å²) in [4.78, 5) is 16.6. The molecular weight excluding hydrogens is 342 g/mol. The van der Waals surface area contributed by atoms with Crippen LogP contribution in [-0.4, -0.2) is 16.0 Å². The summed E-state index contributed by atoms with van der Waals surface area (Å²) < 4.78 is 10.4. The Labute approximate surface area is 156 Å². The number of nitrogens with zero attached hydrogens (tertiary/aromatic N) is 2. The van der Waals surface area contributed by atoms with Crippen molar-refractivity contribution in [2.45, 2.75) is 25.8 Å². The normalized spacial score (nSPS) is 12.2. The Morgan fingerprint density at radius 3 is 2.81 bits per heavy atom. The lowest BCUT2D eigenvalue weighted by Gasteiger charge is -2.16. The summed E-state index contributed by atoms with van der Waals surface area (Å²) in [5, 5.41) is 9.22. The van der Waals surface area contributed by atoms with E-state index in [4.69, 9.17) is 8.94 Å². The highest BCUT2D eigenvalue weighted by molar-refractivity contribution is 5.86. The molecule has 0 aliphatic rings. The molecule has 4 aromatic rings. The van der Waals surface area contributed by atoms with E-state index in [1.165, 1.54) is 0 Å². The topological polar surface area (TPSA) is 81.2 Å². The van der Waals surface area contributed by atoms with Gasteiger partial charge in [0.15, 0.2) is 5.76 Å². The van der Waals surface area contributed by atoms with Gasteiger partial charge in [-0.3, -0.25) is 4.79 Å². The molecule has 2 aromatic heterocycles. The fraction of sp³-hybridized carbons (Fsp3) is 0.190. The quantitative estimate of drug-likeness (QED) is 0.554. The number of aromatic nitrogens is 2. The van der Waals surface area contributed by atoms with Gasteiger partial charge in [-0.05, 0) is 35.4 Å². The van der Waals surface area contributed by atoms with Crippen molar-refractivity contribution in [2.75, 3.05) is 0 Å². The van der Waals surface area contributed by atoms with Crippen LogP contribution in [0.25, 0.3) is 22.4 Å². The Morgan fingerprint density at radius 1 is 1.11 bits per heavy atom. The number of fused-ring (bicyclic) bond motifs is 1. The summed E-state index contributed by atoms with van der Waals surface area (Å²) in [6.07, 6.45) is 2.20. The van der Waals surface area contributed by atoms with E-state index in [1.807, 2.05) is 31.2 Å². The lowest BCUT2D eigenvalue weighted by atomic mass is 9.99. The van der Waals surface area contributed by atoms with Crippen molar-refractivity contribution in [3.8, 4) is 11.6 Å². The molecule has 1 N–H and O–H groups in total. The summed E-state index contributed by atoms with van der Waals surface area (Å²) in [6, 6.07) is 17.7. The number of rotatable bonds is 6. The molecule has 136 valence electrons. The molecule has 0 aliphatic heterocycles. The number of carbonyl (C=O) groups is 1. The van der Waals surface area contributed by atoms with E-state index in [2.05, 4.69) is 33.7 Å². The van der Waals surface area contributed by atoms with Crippen molar-refractivity contribution >= 4 is 16.7 Å². The number of aryl methyl sites for hydroxylation is 1. The zero-order valence-corrected chi connectivity index (χ0v) is 14.9. The van der Waals surface area contributed by atoms with Crippen LogP contribution >= 0.6 is 0 Å². The molecule has 4 rings (SSSR count). The van der Waals surface area contributed by atoms with Gasteiger partial charge in [-0.25, -0.2) is 0 Å². The highest BCUT2D eigenvalue weighted by Crippen LogP contribution is 2.24. The van der Waals surface area contributed by atoms with Gasteiger partial charge >= 0.3 is 0 Å². The Bertz CT molecular complexity index is 1050. The van der Waals surface area contributed by atoms with Crippen LogP contribution in [0.15, 0.2) is 69.8 Å². The molecule has 0 fully saturated rings. The second-order valence-corrected chi connectivity index (χ2v) is 6.35. The molecule has 27 heavy (non-hydrogen) atoms. The van der Waals surface area contributed by atoms with Crippen molar-refractivity contribution in [3.63, 3.8) is 0 Å². The van der Waals surface area contributed by atoms with Gasteiger partial charge < -0.3 is 14.3 Å². The largest absolute Gasteiger partial charge is 0.461 e. The molecule has 0 bridgehead atoms. The Hall–Kier alpha value is -3.41. The molecule has 1 amide bonds. The van der Waals surface area contributed by atoms with Gasteiger partial charge in [-0.2, -0.15) is 4.98 Å². The maximum atomic E-state index is 12.4. The molecule has 0 radical (unpaired) electrons. The predicted octanol–water partition coefficient (Wildman–Crippen LogP) is 4.29. The van der Waals surface area contributed by atoms with Crippen molar-refractivity contribution in [2.24, 2.45) is 0 Å². The third-order valence-corrected chi connectivity index (χ3v) is 4.44. The van der Waals surface area contributed by atoms with Crippen LogP contribution in [0, 0.1) is 0 Å². The average molecular weight is 361 g/mol. The van der Waals surface area contributed by atoms with Crippen LogP contribution in [0.3, 0.4) is 0 Å². The summed E-state index contributed by atoms with van der Waals surface area (Å²) in [5.41, 5.74) is 1.10. The zero-order valence-electron chi connectivity index (χ0n) is 14.9. The third-order valence-electron chi connectivity index (χ3n) is 4.44. The first-order valence-corrected chi connectivity index (χ1v) is 8.84. The van der Waals surface area contributed by atoms with E-state index in [1.54, 1.807) is 18.4 Å². The van der Waals surface area contributed by atoms with Crippen LogP contribution < -0.4 is 5.32 Å². The predicted molar refractivity (Wildman–Crippen MR) is 101 cm³/mol. The Balaban J connectivity index is 1.38. The summed E-state index contributed by atoms with van der Waals surface area (Å²) in [5.74, 6) is 1.28. The highest BCUT2D eigenvalue weighted by Gasteiger charge is 2.15. The smallest absolute Gasteiger partial charge is 0.238 e. The van der Waals surface area contributed by atoms with Crippen molar-refractivity contribution < 1.29 is 13.7 Å². The monoisotopic (exact) mass is 361 g/mol. The average Bonchev–Trinajstić information content (AvgIpc) is 3.37. The summed E-state index contributed by atoms with van der Waals surface area (Å²) in [6.45, 7) is 1.99. The molecule has 6 heteroatoms. The lowest BCUT2D eigenvalue weighted by molar-refractivity contribution is -0.121. The molecular formula is C21H19N3O3. The second-order valence-electron chi connectivity index (χ2n) is 6.35. The van der Waals surface area contributed by atoms with Gasteiger partial charge in [-0.15, -0.1) is 0 Å². The van der Waals surface area contributed by atoms with E-state index in [0.717, 1.165) is 16.3 Å². The maximum absolute atomic E-state index is 12.4.